The van der Waals surface area contributed by atoms with Gasteiger partial charge >= 0.3 is 0 Å². The summed E-state index contributed by atoms with van der Waals surface area (Å²) in [6.45, 7) is 1.56. The molecule has 2 aliphatic rings. The Balaban J connectivity index is 1.50. The summed E-state index contributed by atoms with van der Waals surface area (Å²) in [6, 6.07) is 12.8. The number of hydrogen-bond donors (Lipinski definition) is 1. The molecule has 10 heteroatoms. The molecule has 1 N–H and O–H groups in total. The molecule has 1 fully saturated rings. The third-order valence-electron chi connectivity index (χ3n) is 6.55. The lowest BCUT2D eigenvalue weighted by Crippen LogP contribution is -2.50. The number of rotatable bonds is 8. The van der Waals surface area contributed by atoms with Gasteiger partial charge in [0, 0.05) is 30.0 Å². The van der Waals surface area contributed by atoms with E-state index in [1.165, 1.54) is 17.0 Å². The van der Waals surface area contributed by atoms with Crippen molar-refractivity contribution in [1.29, 1.82) is 0 Å². The second-order valence-corrected chi connectivity index (χ2v) is 11.7. The molecule has 0 radical (unpaired) electrons. The smallest absolute Gasteiger partial charge is 0.269 e. The zero-order valence-corrected chi connectivity index (χ0v) is 21.8. The van der Waals surface area contributed by atoms with Crippen LogP contribution in [0.5, 0.6) is 0 Å². The number of halogens is 1. The molecule has 0 bridgehead atoms. The molecular weight excluding hydrogens is 534 g/mol. The third kappa shape index (κ3) is 5.43. The van der Waals surface area contributed by atoms with Gasteiger partial charge in [-0.1, -0.05) is 53.0 Å². The molecule has 2 aromatic carbocycles. The van der Waals surface area contributed by atoms with E-state index in [0.717, 1.165) is 40.0 Å². The summed E-state index contributed by atoms with van der Waals surface area (Å²) in [5.41, 5.74) is 0.931. The maximum atomic E-state index is 13.4. The lowest BCUT2D eigenvalue weighted by atomic mass is 10.1. The van der Waals surface area contributed by atoms with E-state index in [4.69, 9.17) is 0 Å². The molecule has 1 saturated carbocycles. The topological polar surface area (TPSA) is 104 Å². The standard InChI is InChI=1S/C25H28BrN3O5S/c1-17(24(31)27-20-9-2-3-10-20)28(16-18-7-6-8-19(26)15-18)23(30)13-14-29-25(32)21-11-4-5-12-22(21)35(29,33)34/h4-8,11-12,15,17,20H,2-3,9-10,13-14,16H2,1H3,(H,27,31)/t17-/m1/s1. The molecule has 1 aliphatic carbocycles. The van der Waals surface area contributed by atoms with Gasteiger partial charge in [0.2, 0.25) is 11.8 Å². The van der Waals surface area contributed by atoms with E-state index in [0.29, 0.717) is 0 Å². The Labute approximate surface area is 213 Å². The van der Waals surface area contributed by atoms with Gasteiger partial charge in [0.25, 0.3) is 15.9 Å². The number of hydrogen-bond acceptors (Lipinski definition) is 5. The Kier molecular flexibility index (Phi) is 7.61. The lowest BCUT2D eigenvalue weighted by molar-refractivity contribution is -0.140. The van der Waals surface area contributed by atoms with Crippen LogP contribution in [-0.4, -0.2) is 54.0 Å². The van der Waals surface area contributed by atoms with Crippen molar-refractivity contribution < 1.29 is 22.8 Å². The SMILES string of the molecule is C[C@H](C(=O)NC1CCCC1)N(Cc1cccc(Br)c1)C(=O)CCN1C(=O)c2ccccc2S1(=O)=O. The quantitative estimate of drug-likeness (QED) is 0.531. The van der Waals surface area contributed by atoms with Gasteiger partial charge in [-0.3, -0.25) is 14.4 Å². The van der Waals surface area contributed by atoms with Crippen molar-refractivity contribution in [3.05, 3.63) is 64.1 Å². The molecule has 186 valence electrons. The monoisotopic (exact) mass is 561 g/mol. The van der Waals surface area contributed by atoms with E-state index in [1.807, 2.05) is 24.3 Å². The van der Waals surface area contributed by atoms with Crippen LogP contribution in [0, 0.1) is 0 Å². The number of benzene rings is 2. The number of nitrogens with zero attached hydrogens (tertiary/aromatic N) is 2. The maximum Gasteiger partial charge on any atom is 0.269 e. The lowest BCUT2D eigenvalue weighted by Gasteiger charge is -2.30. The van der Waals surface area contributed by atoms with Gasteiger partial charge in [-0.15, -0.1) is 0 Å². The number of fused-ring (bicyclic) bond motifs is 1. The summed E-state index contributed by atoms with van der Waals surface area (Å²) in [6.07, 6.45) is 3.76. The number of carbonyl (C=O) groups is 3. The number of carbonyl (C=O) groups excluding carboxylic acids is 3. The fourth-order valence-electron chi connectivity index (χ4n) is 4.60. The first-order valence-corrected chi connectivity index (χ1v) is 13.9. The molecule has 0 saturated heterocycles. The average molecular weight is 562 g/mol. The van der Waals surface area contributed by atoms with Gasteiger partial charge in [0.1, 0.15) is 10.9 Å². The van der Waals surface area contributed by atoms with E-state index < -0.39 is 27.9 Å². The van der Waals surface area contributed by atoms with Crippen LogP contribution in [0.25, 0.3) is 0 Å². The molecule has 1 heterocycles. The first kappa shape index (κ1) is 25.4. The largest absolute Gasteiger partial charge is 0.352 e. The molecule has 8 nitrogen and oxygen atoms in total. The number of nitrogens with one attached hydrogen (secondary N) is 1. The molecule has 35 heavy (non-hydrogen) atoms. The highest BCUT2D eigenvalue weighted by Crippen LogP contribution is 2.30. The van der Waals surface area contributed by atoms with Gasteiger partial charge in [-0.2, -0.15) is 0 Å². The zero-order valence-electron chi connectivity index (χ0n) is 19.4. The fourth-order valence-corrected chi connectivity index (χ4v) is 6.62. The van der Waals surface area contributed by atoms with Gasteiger partial charge in [0.15, 0.2) is 0 Å². The molecular formula is C25H28BrN3O5S. The van der Waals surface area contributed by atoms with Gasteiger partial charge in [0.05, 0.1) is 5.56 Å². The van der Waals surface area contributed by atoms with Crippen LogP contribution >= 0.6 is 15.9 Å². The van der Waals surface area contributed by atoms with Crippen molar-refractivity contribution in [1.82, 2.24) is 14.5 Å². The second kappa shape index (κ2) is 10.5. The highest BCUT2D eigenvalue weighted by atomic mass is 79.9. The van der Waals surface area contributed by atoms with E-state index in [2.05, 4.69) is 21.2 Å². The minimum absolute atomic E-state index is 0.0484. The normalized spacial score (nSPS) is 17.8. The minimum Gasteiger partial charge on any atom is -0.352 e. The van der Waals surface area contributed by atoms with Crippen LogP contribution in [-0.2, 0) is 26.2 Å². The molecule has 3 amide bonds. The fraction of sp³-hybridized carbons (Fsp3) is 0.400. The summed E-state index contributed by atoms with van der Waals surface area (Å²) in [7, 11) is -4.01. The number of amides is 3. The van der Waals surface area contributed by atoms with Crippen molar-refractivity contribution in [2.45, 2.75) is 62.6 Å². The maximum absolute atomic E-state index is 13.4. The highest BCUT2D eigenvalue weighted by molar-refractivity contribution is 9.10. The van der Waals surface area contributed by atoms with Crippen LogP contribution in [0.2, 0.25) is 0 Å². The molecule has 0 spiro atoms. The zero-order chi connectivity index (χ0) is 25.2. The highest BCUT2D eigenvalue weighted by Gasteiger charge is 2.41. The van der Waals surface area contributed by atoms with Crippen molar-refractivity contribution in [2.75, 3.05) is 6.54 Å². The van der Waals surface area contributed by atoms with Crippen molar-refractivity contribution in [3.8, 4) is 0 Å². The van der Waals surface area contributed by atoms with Crippen molar-refractivity contribution >= 4 is 43.7 Å². The van der Waals surface area contributed by atoms with E-state index in [9.17, 15) is 22.8 Å². The molecule has 0 aromatic heterocycles. The molecule has 4 rings (SSSR count). The minimum atomic E-state index is -4.01. The van der Waals surface area contributed by atoms with E-state index in [1.54, 1.807) is 19.1 Å². The Hall–Kier alpha value is -2.72. The van der Waals surface area contributed by atoms with Gasteiger partial charge < -0.3 is 10.2 Å². The Morgan fingerprint density at radius 3 is 2.54 bits per heavy atom. The molecule has 1 atom stereocenters. The Morgan fingerprint density at radius 2 is 1.86 bits per heavy atom. The summed E-state index contributed by atoms with van der Waals surface area (Å²) in [4.78, 5) is 40.5. The van der Waals surface area contributed by atoms with Gasteiger partial charge in [-0.05, 0) is 49.6 Å². The molecule has 0 unspecified atom stereocenters. The summed E-state index contributed by atoms with van der Waals surface area (Å²) in [5, 5.41) is 3.04. The van der Waals surface area contributed by atoms with Crippen LogP contribution in [0.3, 0.4) is 0 Å². The van der Waals surface area contributed by atoms with Crippen molar-refractivity contribution in [2.24, 2.45) is 0 Å². The van der Waals surface area contributed by atoms with E-state index in [-0.39, 0.29) is 41.9 Å². The molecule has 1 aliphatic heterocycles. The first-order valence-electron chi connectivity index (χ1n) is 11.7. The van der Waals surface area contributed by atoms with E-state index >= 15 is 0 Å². The number of sulfonamides is 1. The first-order chi connectivity index (χ1) is 16.7. The summed E-state index contributed by atoms with van der Waals surface area (Å²) in [5.74, 6) is -1.28. The van der Waals surface area contributed by atoms with Crippen LogP contribution in [0.4, 0.5) is 0 Å². The van der Waals surface area contributed by atoms with Gasteiger partial charge in [-0.25, -0.2) is 12.7 Å². The third-order valence-corrected chi connectivity index (χ3v) is 8.89. The van der Waals surface area contributed by atoms with Crippen LogP contribution in [0.15, 0.2) is 57.9 Å². The Bertz CT molecular complexity index is 1240. The van der Waals surface area contributed by atoms with Crippen molar-refractivity contribution in [3.63, 3.8) is 0 Å². The predicted molar refractivity (Wildman–Crippen MR) is 134 cm³/mol. The van der Waals surface area contributed by atoms with Crippen LogP contribution < -0.4 is 5.32 Å². The second-order valence-electron chi connectivity index (χ2n) is 8.95. The summed E-state index contributed by atoms with van der Waals surface area (Å²) >= 11 is 3.43. The van der Waals surface area contributed by atoms with Crippen LogP contribution in [0.1, 0.15) is 54.9 Å². The average Bonchev–Trinajstić information content (AvgIpc) is 3.40. The summed E-state index contributed by atoms with van der Waals surface area (Å²) < 4.78 is 27.3. The molecule has 2 aromatic rings. The predicted octanol–water partition coefficient (Wildman–Crippen LogP) is 3.46. The Morgan fingerprint density at radius 1 is 1.14 bits per heavy atom.